The van der Waals surface area contributed by atoms with E-state index in [1.54, 1.807) is 6.92 Å². The molecule has 0 unspecified atom stereocenters. The van der Waals surface area contributed by atoms with Gasteiger partial charge in [0.15, 0.2) is 0 Å². The summed E-state index contributed by atoms with van der Waals surface area (Å²) in [6, 6.07) is 0. The first-order valence-corrected chi connectivity index (χ1v) is 4.44. The van der Waals surface area contributed by atoms with Gasteiger partial charge in [-0.25, -0.2) is 0 Å². The van der Waals surface area contributed by atoms with E-state index in [0.717, 1.165) is 11.0 Å². The molecule has 0 saturated carbocycles. The third-order valence-corrected chi connectivity index (χ3v) is 1.22. The predicted octanol–water partition coefficient (Wildman–Crippen LogP) is -0.779. The topological polar surface area (TPSA) is 60.4 Å². The Kier molecular flexibility index (Phi) is 9.17. The summed E-state index contributed by atoms with van der Waals surface area (Å²) in [7, 11) is 6.16. The van der Waals surface area contributed by atoms with E-state index in [9.17, 15) is 9.90 Å². The second-order valence-corrected chi connectivity index (χ2v) is 3.86. The van der Waals surface area contributed by atoms with Gasteiger partial charge in [0.2, 0.25) is 0 Å². The summed E-state index contributed by atoms with van der Waals surface area (Å²) < 4.78 is 0.844. The lowest BCUT2D eigenvalue weighted by Gasteiger charge is -2.21. The fourth-order valence-electron chi connectivity index (χ4n) is 0.504. The molecule has 0 rings (SSSR count). The van der Waals surface area contributed by atoms with Gasteiger partial charge in [0.1, 0.15) is 6.54 Å². The van der Waals surface area contributed by atoms with Gasteiger partial charge >= 0.3 is 0 Å². The fraction of sp³-hybridized carbons (Fsp3) is 0.889. The van der Waals surface area contributed by atoms with Gasteiger partial charge < -0.3 is 19.5 Å². The molecule has 0 aliphatic rings. The van der Waals surface area contributed by atoms with Crippen LogP contribution in [-0.2, 0) is 4.79 Å². The number of aliphatic hydroxyl groups excluding tert-OH is 1. The molecule has 0 radical (unpaired) electrons. The lowest BCUT2D eigenvalue weighted by Crippen LogP contribution is -2.36. The van der Waals surface area contributed by atoms with Gasteiger partial charge in [0, 0.05) is 5.97 Å². The molecule has 0 spiro atoms. The largest absolute Gasteiger partial charge is 0.550 e. The van der Waals surface area contributed by atoms with E-state index in [1.807, 2.05) is 0 Å². The maximum absolute atomic E-state index is 9.49. The molecular weight excluding hydrogens is 170 g/mol. The van der Waals surface area contributed by atoms with Gasteiger partial charge in [-0.05, 0) is 6.42 Å². The number of quaternary nitrogens is 1. The van der Waals surface area contributed by atoms with Crippen molar-refractivity contribution < 1.29 is 19.5 Å². The van der Waals surface area contributed by atoms with Gasteiger partial charge in [-0.15, -0.1) is 0 Å². The number of aliphatic carboxylic acids is 1. The number of aliphatic hydroxyl groups is 1. The highest BCUT2D eigenvalue weighted by molar-refractivity contribution is 5.63. The lowest BCUT2D eigenvalue weighted by molar-refractivity contribution is -0.870. The van der Waals surface area contributed by atoms with Crippen LogP contribution in [0.4, 0.5) is 0 Å². The number of rotatable bonds is 4. The molecule has 0 amide bonds. The summed E-state index contributed by atoms with van der Waals surface area (Å²) >= 11 is 0. The molecule has 0 aliphatic heterocycles. The molecule has 0 aliphatic carbocycles. The van der Waals surface area contributed by atoms with Crippen LogP contribution in [0.25, 0.3) is 0 Å². The molecule has 4 nitrogen and oxygen atoms in total. The molecule has 0 heterocycles. The second-order valence-electron chi connectivity index (χ2n) is 3.86. The van der Waals surface area contributed by atoms with Crippen LogP contribution >= 0.6 is 0 Å². The zero-order chi connectivity index (χ0) is 10.9. The Morgan fingerprint density at radius 1 is 1.38 bits per heavy atom. The molecule has 80 valence electrons. The first-order chi connectivity index (χ1) is 5.83. The smallest absolute Gasteiger partial charge is 0.101 e. The summed E-state index contributed by atoms with van der Waals surface area (Å²) in [6.45, 7) is 2.92. The third-order valence-electron chi connectivity index (χ3n) is 1.22. The van der Waals surface area contributed by atoms with Gasteiger partial charge in [-0.3, -0.25) is 0 Å². The molecule has 0 saturated heterocycles. The Morgan fingerprint density at radius 3 is 1.85 bits per heavy atom. The predicted molar refractivity (Wildman–Crippen MR) is 49.9 cm³/mol. The van der Waals surface area contributed by atoms with Crippen LogP contribution in [0.2, 0.25) is 0 Å². The molecule has 0 atom stereocenters. The monoisotopic (exact) mass is 191 g/mol. The number of likely N-dealkylation sites (N-methyl/N-ethyl adjacent to an activating group) is 1. The van der Waals surface area contributed by atoms with Gasteiger partial charge in [-0.1, -0.05) is 13.3 Å². The minimum atomic E-state index is -0.961. The first kappa shape index (κ1) is 14.9. The van der Waals surface area contributed by atoms with E-state index in [2.05, 4.69) is 21.1 Å². The van der Waals surface area contributed by atoms with Crippen molar-refractivity contribution in [1.82, 2.24) is 0 Å². The van der Waals surface area contributed by atoms with Crippen LogP contribution < -0.4 is 5.11 Å². The minimum absolute atomic E-state index is 0.181. The summed E-state index contributed by atoms with van der Waals surface area (Å²) in [5, 5.41) is 17.9. The van der Waals surface area contributed by atoms with Crippen LogP contribution in [0, 0.1) is 0 Å². The van der Waals surface area contributed by atoms with Crippen molar-refractivity contribution in [2.24, 2.45) is 0 Å². The highest BCUT2D eigenvalue weighted by Gasteiger charge is 2.02. The lowest BCUT2D eigenvalue weighted by atomic mass is 10.4. The number of hydrogen-bond acceptors (Lipinski definition) is 3. The Hall–Kier alpha value is -0.610. The highest BCUT2D eigenvalue weighted by Crippen LogP contribution is 1.84. The zero-order valence-electron chi connectivity index (χ0n) is 9.04. The van der Waals surface area contributed by atoms with Crippen molar-refractivity contribution in [3.8, 4) is 0 Å². The molecule has 0 aromatic heterocycles. The average molecular weight is 191 g/mol. The van der Waals surface area contributed by atoms with Crippen molar-refractivity contribution in [1.29, 1.82) is 0 Å². The molecule has 4 heteroatoms. The van der Waals surface area contributed by atoms with Crippen LogP contribution in [-0.4, -0.2) is 49.9 Å². The summed E-state index contributed by atoms with van der Waals surface area (Å²) in [4.78, 5) is 9.49. The minimum Gasteiger partial charge on any atom is -0.550 e. The molecule has 0 bridgehead atoms. The number of carbonyl (C=O) groups is 1. The second kappa shape index (κ2) is 8.01. The van der Waals surface area contributed by atoms with Crippen LogP contribution in [0.3, 0.4) is 0 Å². The normalized spacial score (nSPS) is 10.2. The number of carboxylic acids is 1. The molecule has 1 N–H and O–H groups in total. The SMILES string of the molecule is CCCC(=O)[O-].C[N+](C)(C)CCO. The van der Waals surface area contributed by atoms with Crippen molar-refractivity contribution >= 4 is 5.97 Å². The van der Waals surface area contributed by atoms with Crippen LogP contribution in [0.1, 0.15) is 19.8 Å². The standard InChI is InChI=1S/C5H14NO.C4H8O2/c1-6(2,3)4-5-7;1-2-3-4(5)6/h7H,4-5H2,1-3H3;2-3H2,1H3,(H,5,6)/q+1;/p-1. The summed E-state index contributed by atoms with van der Waals surface area (Å²) in [5.74, 6) is -0.961. The Morgan fingerprint density at radius 2 is 1.85 bits per heavy atom. The van der Waals surface area contributed by atoms with E-state index in [4.69, 9.17) is 5.11 Å². The van der Waals surface area contributed by atoms with Gasteiger partial charge in [-0.2, -0.15) is 0 Å². The molecule has 13 heavy (non-hydrogen) atoms. The Balaban J connectivity index is 0. The molecular formula is C9H21NO3. The number of carbonyl (C=O) groups excluding carboxylic acids is 1. The maximum atomic E-state index is 9.49. The first-order valence-electron chi connectivity index (χ1n) is 4.44. The molecule has 0 fully saturated rings. The van der Waals surface area contributed by atoms with Crippen molar-refractivity contribution in [3.05, 3.63) is 0 Å². The van der Waals surface area contributed by atoms with Gasteiger partial charge in [0.05, 0.1) is 27.7 Å². The quantitative estimate of drug-likeness (QED) is 0.593. The summed E-state index contributed by atoms with van der Waals surface area (Å²) in [5.41, 5.74) is 0. The Labute approximate surface area is 80.4 Å². The fourth-order valence-corrected chi connectivity index (χ4v) is 0.504. The number of carboxylic acid groups (broad SMARTS) is 1. The van der Waals surface area contributed by atoms with Crippen LogP contribution in [0.5, 0.6) is 0 Å². The van der Waals surface area contributed by atoms with E-state index in [-0.39, 0.29) is 13.0 Å². The highest BCUT2D eigenvalue weighted by atomic mass is 16.4. The average Bonchev–Trinajstić information content (AvgIpc) is 1.84. The van der Waals surface area contributed by atoms with E-state index in [0.29, 0.717) is 6.42 Å². The van der Waals surface area contributed by atoms with Crippen molar-refractivity contribution in [2.75, 3.05) is 34.3 Å². The van der Waals surface area contributed by atoms with Crippen LogP contribution in [0.15, 0.2) is 0 Å². The Bertz CT molecular complexity index is 129. The third kappa shape index (κ3) is 24.6. The van der Waals surface area contributed by atoms with E-state index < -0.39 is 5.97 Å². The number of nitrogens with zero attached hydrogens (tertiary/aromatic N) is 1. The van der Waals surface area contributed by atoms with E-state index >= 15 is 0 Å². The van der Waals surface area contributed by atoms with Crippen molar-refractivity contribution in [2.45, 2.75) is 19.8 Å². The molecule has 0 aromatic rings. The van der Waals surface area contributed by atoms with E-state index in [1.165, 1.54) is 0 Å². The maximum Gasteiger partial charge on any atom is 0.101 e. The zero-order valence-corrected chi connectivity index (χ0v) is 9.04. The molecule has 0 aromatic carbocycles. The van der Waals surface area contributed by atoms with Gasteiger partial charge in [0.25, 0.3) is 0 Å². The van der Waals surface area contributed by atoms with Crippen molar-refractivity contribution in [3.63, 3.8) is 0 Å². The number of hydrogen-bond donors (Lipinski definition) is 1. The summed E-state index contributed by atoms with van der Waals surface area (Å²) in [6.07, 6.45) is 0.850.